The van der Waals surface area contributed by atoms with E-state index in [1.165, 1.54) is 0 Å². The Hall–Kier alpha value is -2.21. The van der Waals surface area contributed by atoms with Gasteiger partial charge in [0.1, 0.15) is 5.60 Å². The van der Waals surface area contributed by atoms with Crippen LogP contribution in [0.3, 0.4) is 0 Å². The zero-order chi connectivity index (χ0) is 19.9. The molecule has 0 aliphatic carbocycles. The van der Waals surface area contributed by atoms with E-state index in [-0.39, 0.29) is 18.6 Å². The number of likely N-dealkylation sites (tertiary alicyclic amines) is 1. The first kappa shape index (κ1) is 21.8. The second kappa shape index (κ2) is 9.48. The van der Waals surface area contributed by atoms with Crippen molar-refractivity contribution in [2.45, 2.75) is 59.5 Å². The fraction of sp³-hybridized carbons (Fsp3) is 0.778. The highest BCUT2D eigenvalue weighted by atomic mass is 16.6. The number of ether oxygens (including phenoxy) is 2. The number of ketones is 1. The SMILES string of the molecule is CCOC(=O)C(=[N+]=[N-])C(=O)C(C)CC1CCN(C(=O)OC(C)(C)C)CC1. The monoisotopic (exact) mass is 367 g/mol. The molecule has 1 heterocycles. The van der Waals surface area contributed by atoms with E-state index in [0.29, 0.717) is 19.5 Å². The molecule has 1 atom stereocenters. The first-order valence-electron chi connectivity index (χ1n) is 9.00. The lowest BCUT2D eigenvalue weighted by Crippen LogP contribution is -2.42. The van der Waals surface area contributed by atoms with Crippen molar-refractivity contribution < 1.29 is 28.6 Å². The molecule has 146 valence electrons. The van der Waals surface area contributed by atoms with E-state index in [1.807, 2.05) is 20.8 Å². The Kier molecular flexibility index (Phi) is 7.96. The molecule has 0 aromatic heterocycles. The Morgan fingerprint density at radius 2 is 1.81 bits per heavy atom. The van der Waals surface area contributed by atoms with Gasteiger partial charge in [0.25, 0.3) is 5.78 Å². The second-order valence-corrected chi connectivity index (χ2v) is 7.58. The Bertz CT molecular complexity index is 582. The summed E-state index contributed by atoms with van der Waals surface area (Å²) in [5.41, 5.74) is 7.85. The quantitative estimate of drug-likeness (QED) is 0.235. The molecule has 1 saturated heterocycles. The van der Waals surface area contributed by atoms with Crippen LogP contribution in [0, 0.1) is 11.8 Å². The predicted molar refractivity (Wildman–Crippen MR) is 94.6 cm³/mol. The predicted octanol–water partition coefficient (Wildman–Crippen LogP) is 2.46. The largest absolute Gasteiger partial charge is 0.457 e. The third-order valence-corrected chi connectivity index (χ3v) is 4.20. The number of Topliss-reactive ketones (excluding diaryl/α,β-unsaturated/α-hetero) is 1. The summed E-state index contributed by atoms with van der Waals surface area (Å²) < 4.78 is 10.1. The number of hydrogen-bond acceptors (Lipinski definition) is 5. The van der Waals surface area contributed by atoms with Crippen molar-refractivity contribution in [3.05, 3.63) is 5.53 Å². The number of hydrogen-bond donors (Lipinski definition) is 0. The van der Waals surface area contributed by atoms with E-state index >= 15 is 0 Å². The molecule has 0 N–H and O–H groups in total. The molecule has 8 nitrogen and oxygen atoms in total. The van der Waals surface area contributed by atoms with Crippen LogP contribution in [-0.4, -0.2) is 58.5 Å². The minimum absolute atomic E-state index is 0.0998. The van der Waals surface area contributed by atoms with Gasteiger partial charge in [-0.05, 0) is 52.9 Å². The Labute approximate surface area is 154 Å². The summed E-state index contributed by atoms with van der Waals surface area (Å²) in [6.07, 6.45) is 1.74. The number of esters is 1. The standard InChI is InChI=1S/C18H29N3O5/c1-6-25-16(23)14(20-19)15(22)12(2)11-13-7-9-21(10-8-13)17(24)26-18(3,4)5/h12-13H,6-11H2,1-5H3. The molecule has 8 heteroatoms. The molecule has 1 fully saturated rings. The number of nitrogens with zero attached hydrogens (tertiary/aromatic N) is 3. The maximum Gasteiger partial charge on any atom is 0.441 e. The normalized spacial score (nSPS) is 16.4. The molecule has 0 aromatic rings. The van der Waals surface area contributed by atoms with Gasteiger partial charge < -0.3 is 19.9 Å². The second-order valence-electron chi connectivity index (χ2n) is 7.58. The van der Waals surface area contributed by atoms with Crippen LogP contribution in [0.25, 0.3) is 5.53 Å². The number of amides is 1. The lowest BCUT2D eigenvalue weighted by molar-refractivity contribution is -0.142. The van der Waals surface area contributed by atoms with Gasteiger partial charge in [-0.25, -0.2) is 9.59 Å². The van der Waals surface area contributed by atoms with Crippen LogP contribution in [0.1, 0.15) is 53.9 Å². The van der Waals surface area contributed by atoms with E-state index in [9.17, 15) is 14.4 Å². The van der Waals surface area contributed by atoms with Gasteiger partial charge in [-0.15, -0.1) is 0 Å². The minimum Gasteiger partial charge on any atom is -0.457 e. The number of rotatable bonds is 6. The number of carbonyl (C=O) groups is 3. The highest BCUT2D eigenvalue weighted by Gasteiger charge is 2.36. The van der Waals surface area contributed by atoms with E-state index in [1.54, 1.807) is 18.7 Å². The van der Waals surface area contributed by atoms with Crippen molar-refractivity contribution in [2.24, 2.45) is 11.8 Å². The van der Waals surface area contributed by atoms with Crippen LogP contribution < -0.4 is 0 Å². The minimum atomic E-state index is -0.911. The molecule has 0 radical (unpaired) electrons. The summed E-state index contributed by atoms with van der Waals surface area (Å²) in [5, 5.41) is 0. The molecular weight excluding hydrogens is 338 g/mol. The molecule has 0 saturated carbocycles. The topological polar surface area (TPSA) is 109 Å². The van der Waals surface area contributed by atoms with Crippen LogP contribution in [0.15, 0.2) is 0 Å². The van der Waals surface area contributed by atoms with Gasteiger partial charge in [-0.3, -0.25) is 4.79 Å². The van der Waals surface area contributed by atoms with Crippen LogP contribution in [0.4, 0.5) is 4.79 Å². The van der Waals surface area contributed by atoms with Crippen LogP contribution in [0.2, 0.25) is 0 Å². The molecule has 1 aliphatic heterocycles. The van der Waals surface area contributed by atoms with Crippen molar-refractivity contribution in [1.82, 2.24) is 4.90 Å². The van der Waals surface area contributed by atoms with Crippen molar-refractivity contribution in [1.29, 1.82) is 0 Å². The first-order chi connectivity index (χ1) is 12.1. The lowest BCUT2D eigenvalue weighted by Gasteiger charge is -2.34. The maximum atomic E-state index is 12.3. The van der Waals surface area contributed by atoms with Crippen molar-refractivity contribution >= 4 is 23.6 Å². The summed E-state index contributed by atoms with van der Waals surface area (Å²) >= 11 is 0. The summed E-state index contributed by atoms with van der Waals surface area (Å²) in [7, 11) is 0. The Balaban J connectivity index is 2.54. The van der Waals surface area contributed by atoms with E-state index in [2.05, 4.69) is 4.79 Å². The molecule has 1 rings (SSSR count). The van der Waals surface area contributed by atoms with Gasteiger partial charge in [0.15, 0.2) is 0 Å². The fourth-order valence-electron chi connectivity index (χ4n) is 2.91. The molecule has 0 aromatic carbocycles. The van der Waals surface area contributed by atoms with Crippen LogP contribution in [-0.2, 0) is 19.1 Å². The van der Waals surface area contributed by atoms with Crippen molar-refractivity contribution in [3.63, 3.8) is 0 Å². The molecule has 1 aliphatic rings. The van der Waals surface area contributed by atoms with E-state index < -0.39 is 29.0 Å². The van der Waals surface area contributed by atoms with Gasteiger partial charge in [-0.2, -0.15) is 4.79 Å². The van der Waals surface area contributed by atoms with Gasteiger partial charge in [0.05, 0.1) is 6.61 Å². The lowest BCUT2D eigenvalue weighted by atomic mass is 9.85. The van der Waals surface area contributed by atoms with Crippen molar-refractivity contribution in [2.75, 3.05) is 19.7 Å². The Morgan fingerprint density at radius 3 is 2.27 bits per heavy atom. The summed E-state index contributed by atoms with van der Waals surface area (Å²) in [6.45, 7) is 10.0. The average molecular weight is 367 g/mol. The summed E-state index contributed by atoms with van der Waals surface area (Å²) in [6, 6.07) is 0. The molecule has 26 heavy (non-hydrogen) atoms. The molecular formula is C18H29N3O5. The number of carbonyl (C=O) groups excluding carboxylic acids is 3. The first-order valence-corrected chi connectivity index (χ1v) is 9.00. The zero-order valence-corrected chi connectivity index (χ0v) is 16.3. The summed E-state index contributed by atoms with van der Waals surface area (Å²) in [4.78, 5) is 40.5. The van der Waals surface area contributed by atoms with E-state index in [0.717, 1.165) is 12.8 Å². The smallest absolute Gasteiger partial charge is 0.441 e. The summed E-state index contributed by atoms with van der Waals surface area (Å²) in [5.74, 6) is -1.66. The van der Waals surface area contributed by atoms with Gasteiger partial charge in [-0.1, -0.05) is 6.92 Å². The van der Waals surface area contributed by atoms with Gasteiger partial charge in [0.2, 0.25) is 0 Å². The zero-order valence-electron chi connectivity index (χ0n) is 16.3. The van der Waals surface area contributed by atoms with Gasteiger partial charge in [0, 0.05) is 19.0 Å². The highest BCUT2D eigenvalue weighted by molar-refractivity contribution is 6.62. The van der Waals surface area contributed by atoms with Crippen LogP contribution in [0.5, 0.6) is 0 Å². The van der Waals surface area contributed by atoms with Crippen molar-refractivity contribution in [3.8, 4) is 0 Å². The molecule has 0 bridgehead atoms. The van der Waals surface area contributed by atoms with E-state index in [4.69, 9.17) is 15.0 Å². The van der Waals surface area contributed by atoms with Gasteiger partial charge >= 0.3 is 17.8 Å². The molecule has 0 spiro atoms. The Morgan fingerprint density at radius 1 is 1.23 bits per heavy atom. The number of piperidine rings is 1. The maximum absolute atomic E-state index is 12.3. The third kappa shape index (κ3) is 6.59. The molecule has 1 unspecified atom stereocenters. The third-order valence-electron chi connectivity index (χ3n) is 4.20. The van der Waals surface area contributed by atoms with Crippen LogP contribution >= 0.6 is 0 Å². The fourth-order valence-corrected chi connectivity index (χ4v) is 2.91. The molecule has 1 amide bonds. The average Bonchev–Trinajstić information content (AvgIpc) is 2.54. The highest BCUT2D eigenvalue weighted by Crippen LogP contribution is 2.26.